The van der Waals surface area contributed by atoms with Crippen LogP contribution in [0, 0.1) is 6.92 Å². The molecule has 96 valence electrons. The minimum atomic E-state index is 0.170. The average Bonchev–Trinajstić information content (AvgIpc) is 2.77. The molecule has 0 amide bonds. The molecule has 2 nitrogen and oxygen atoms in total. The third kappa shape index (κ3) is 2.69. The van der Waals surface area contributed by atoms with E-state index in [0.29, 0.717) is 6.54 Å². The maximum Gasteiger partial charge on any atom is 0.0932 e. The summed E-state index contributed by atoms with van der Waals surface area (Å²) >= 11 is 7.60. The number of hydrogen-bond donors (Lipinski definition) is 1. The second-order valence-electron chi connectivity index (χ2n) is 4.29. The summed E-state index contributed by atoms with van der Waals surface area (Å²) in [6, 6.07) is 12.5. The van der Waals surface area contributed by atoms with Crippen LogP contribution < -0.4 is 10.6 Å². The number of anilines is 1. The summed E-state index contributed by atoms with van der Waals surface area (Å²) in [5, 5.41) is 0. The number of benzene rings is 1. The Morgan fingerprint density at radius 3 is 2.56 bits per heavy atom. The van der Waals surface area contributed by atoms with Crippen molar-refractivity contribution >= 4 is 28.6 Å². The van der Waals surface area contributed by atoms with Gasteiger partial charge in [0.25, 0.3) is 0 Å². The molecule has 1 aromatic heterocycles. The van der Waals surface area contributed by atoms with Crippen molar-refractivity contribution in [3.05, 3.63) is 51.2 Å². The molecule has 0 aliphatic rings. The summed E-state index contributed by atoms with van der Waals surface area (Å²) in [5.74, 6) is 0. The lowest BCUT2D eigenvalue weighted by molar-refractivity contribution is 0.691. The van der Waals surface area contributed by atoms with Crippen LogP contribution in [0.15, 0.2) is 36.4 Å². The van der Waals surface area contributed by atoms with E-state index >= 15 is 0 Å². The van der Waals surface area contributed by atoms with Crippen LogP contribution in [0.25, 0.3) is 0 Å². The number of nitrogens with two attached hydrogens (primary N) is 1. The molecule has 0 aliphatic carbocycles. The fourth-order valence-electron chi connectivity index (χ4n) is 2.10. The normalized spacial score (nSPS) is 12.4. The Bertz CT molecular complexity index is 524. The van der Waals surface area contributed by atoms with Gasteiger partial charge in [-0.3, -0.25) is 0 Å². The number of halogens is 1. The van der Waals surface area contributed by atoms with Crippen LogP contribution >= 0.6 is 22.9 Å². The summed E-state index contributed by atoms with van der Waals surface area (Å²) < 4.78 is 0.807. The highest BCUT2D eigenvalue weighted by Crippen LogP contribution is 2.32. The van der Waals surface area contributed by atoms with Gasteiger partial charge in [-0.05, 0) is 30.7 Å². The first-order valence-corrected chi connectivity index (χ1v) is 7.06. The monoisotopic (exact) mass is 280 g/mol. The van der Waals surface area contributed by atoms with Gasteiger partial charge in [-0.2, -0.15) is 0 Å². The van der Waals surface area contributed by atoms with Crippen molar-refractivity contribution < 1.29 is 0 Å². The van der Waals surface area contributed by atoms with E-state index in [1.165, 1.54) is 16.1 Å². The van der Waals surface area contributed by atoms with Crippen LogP contribution in [0.2, 0.25) is 4.34 Å². The highest BCUT2D eigenvalue weighted by molar-refractivity contribution is 7.16. The zero-order valence-corrected chi connectivity index (χ0v) is 12.1. The number of likely N-dealkylation sites (N-methyl/N-ethyl adjacent to an activating group) is 1. The van der Waals surface area contributed by atoms with Crippen LogP contribution in [0.5, 0.6) is 0 Å². The van der Waals surface area contributed by atoms with Gasteiger partial charge in [-0.1, -0.05) is 29.8 Å². The highest BCUT2D eigenvalue weighted by atomic mass is 35.5. The standard InChI is InChI=1S/C14H17ClN2S/c1-10-5-3-4-6-11(10)17(2)12(9-16)13-7-8-14(15)18-13/h3-8,12H,9,16H2,1-2H3. The van der Waals surface area contributed by atoms with Gasteiger partial charge in [-0.15, -0.1) is 11.3 Å². The summed E-state index contributed by atoms with van der Waals surface area (Å²) in [5.41, 5.74) is 8.38. The molecule has 2 rings (SSSR count). The molecule has 0 bridgehead atoms. The minimum Gasteiger partial charge on any atom is -0.365 e. The van der Waals surface area contributed by atoms with Crippen molar-refractivity contribution in [2.45, 2.75) is 13.0 Å². The molecule has 0 spiro atoms. The van der Waals surface area contributed by atoms with Gasteiger partial charge in [-0.25, -0.2) is 0 Å². The molecule has 0 saturated carbocycles. The first kappa shape index (κ1) is 13.4. The fourth-order valence-corrected chi connectivity index (χ4v) is 3.32. The Morgan fingerprint density at radius 1 is 1.28 bits per heavy atom. The van der Waals surface area contributed by atoms with E-state index in [9.17, 15) is 0 Å². The topological polar surface area (TPSA) is 29.3 Å². The summed E-state index contributed by atoms with van der Waals surface area (Å²) in [6.07, 6.45) is 0. The molecule has 0 radical (unpaired) electrons. The lowest BCUT2D eigenvalue weighted by Gasteiger charge is -2.29. The average molecular weight is 281 g/mol. The van der Waals surface area contributed by atoms with E-state index in [1.807, 2.05) is 18.2 Å². The molecule has 18 heavy (non-hydrogen) atoms. The Morgan fingerprint density at radius 2 is 2.00 bits per heavy atom. The predicted molar refractivity (Wildman–Crippen MR) is 80.7 cm³/mol. The second-order valence-corrected chi connectivity index (χ2v) is 6.04. The van der Waals surface area contributed by atoms with Gasteiger partial charge in [0.2, 0.25) is 0 Å². The van der Waals surface area contributed by atoms with E-state index < -0.39 is 0 Å². The molecular formula is C14H17ClN2S. The van der Waals surface area contributed by atoms with E-state index in [0.717, 1.165) is 4.34 Å². The van der Waals surface area contributed by atoms with Crippen molar-refractivity contribution in [2.75, 3.05) is 18.5 Å². The van der Waals surface area contributed by atoms with Crippen molar-refractivity contribution in [1.29, 1.82) is 0 Å². The highest BCUT2D eigenvalue weighted by Gasteiger charge is 2.18. The number of para-hydroxylation sites is 1. The SMILES string of the molecule is Cc1ccccc1N(C)C(CN)c1ccc(Cl)s1. The lowest BCUT2D eigenvalue weighted by atomic mass is 10.1. The molecule has 2 N–H and O–H groups in total. The van der Waals surface area contributed by atoms with Crippen molar-refractivity contribution in [3.8, 4) is 0 Å². The van der Waals surface area contributed by atoms with Crippen LogP contribution in [0.3, 0.4) is 0 Å². The molecule has 0 aliphatic heterocycles. The number of thiophene rings is 1. The predicted octanol–water partition coefficient (Wildman–Crippen LogP) is 3.85. The molecule has 0 fully saturated rings. The van der Waals surface area contributed by atoms with E-state index in [2.05, 4.69) is 37.1 Å². The Labute approximate surface area is 117 Å². The Balaban J connectivity index is 2.31. The van der Waals surface area contributed by atoms with Crippen LogP contribution in [0.4, 0.5) is 5.69 Å². The van der Waals surface area contributed by atoms with Gasteiger partial charge >= 0.3 is 0 Å². The Hall–Kier alpha value is -1.03. The zero-order valence-electron chi connectivity index (χ0n) is 10.6. The molecule has 2 aromatic rings. The minimum absolute atomic E-state index is 0.170. The van der Waals surface area contributed by atoms with E-state index in [1.54, 1.807) is 11.3 Å². The van der Waals surface area contributed by atoms with E-state index in [4.69, 9.17) is 17.3 Å². The molecule has 4 heteroatoms. The molecule has 1 heterocycles. The third-order valence-corrected chi connectivity index (χ3v) is 4.44. The van der Waals surface area contributed by atoms with Crippen molar-refractivity contribution in [1.82, 2.24) is 0 Å². The van der Waals surface area contributed by atoms with E-state index in [-0.39, 0.29) is 6.04 Å². The quantitative estimate of drug-likeness (QED) is 0.922. The van der Waals surface area contributed by atoms with Crippen molar-refractivity contribution in [3.63, 3.8) is 0 Å². The van der Waals surface area contributed by atoms with Crippen LogP contribution in [-0.2, 0) is 0 Å². The van der Waals surface area contributed by atoms with Crippen LogP contribution in [-0.4, -0.2) is 13.6 Å². The summed E-state index contributed by atoms with van der Waals surface area (Å²) in [4.78, 5) is 3.42. The number of rotatable bonds is 4. The summed E-state index contributed by atoms with van der Waals surface area (Å²) in [7, 11) is 2.08. The van der Waals surface area contributed by atoms with Crippen LogP contribution in [0.1, 0.15) is 16.5 Å². The third-order valence-electron chi connectivity index (χ3n) is 3.11. The van der Waals surface area contributed by atoms with Crippen molar-refractivity contribution in [2.24, 2.45) is 5.73 Å². The first-order valence-electron chi connectivity index (χ1n) is 5.87. The molecular weight excluding hydrogens is 264 g/mol. The maximum atomic E-state index is 6.00. The fraction of sp³-hybridized carbons (Fsp3) is 0.286. The van der Waals surface area contributed by atoms with Gasteiger partial charge in [0, 0.05) is 24.2 Å². The molecule has 1 atom stereocenters. The number of hydrogen-bond acceptors (Lipinski definition) is 3. The molecule has 0 saturated heterocycles. The second kappa shape index (κ2) is 5.74. The zero-order chi connectivity index (χ0) is 13.1. The number of nitrogens with zero attached hydrogens (tertiary/aromatic N) is 1. The Kier molecular flexibility index (Phi) is 4.27. The molecule has 1 unspecified atom stereocenters. The lowest BCUT2D eigenvalue weighted by Crippen LogP contribution is -2.30. The van der Waals surface area contributed by atoms with Gasteiger partial charge in [0.1, 0.15) is 0 Å². The first-order chi connectivity index (χ1) is 8.63. The smallest absolute Gasteiger partial charge is 0.0932 e. The largest absolute Gasteiger partial charge is 0.365 e. The van der Waals surface area contributed by atoms with Gasteiger partial charge in [0.15, 0.2) is 0 Å². The number of aryl methyl sites for hydroxylation is 1. The van der Waals surface area contributed by atoms with Gasteiger partial charge in [0.05, 0.1) is 10.4 Å². The molecule has 1 aromatic carbocycles. The van der Waals surface area contributed by atoms with Gasteiger partial charge < -0.3 is 10.6 Å². The summed E-state index contributed by atoms with van der Waals surface area (Å²) in [6.45, 7) is 2.68. The maximum absolute atomic E-state index is 6.00.